The summed E-state index contributed by atoms with van der Waals surface area (Å²) in [6.07, 6.45) is -1.47. The summed E-state index contributed by atoms with van der Waals surface area (Å²) in [5.74, 6) is -0.579. The molecule has 0 saturated carbocycles. The van der Waals surface area contributed by atoms with E-state index in [4.69, 9.17) is 0 Å². The van der Waals surface area contributed by atoms with Crippen LogP contribution < -0.4 is 20.4 Å². The third kappa shape index (κ3) is 7.19. The summed E-state index contributed by atoms with van der Waals surface area (Å²) in [5, 5.41) is 5.45. The number of nitrogens with one attached hydrogen (secondary N) is 3. The van der Waals surface area contributed by atoms with Crippen LogP contribution >= 0.6 is 0 Å². The van der Waals surface area contributed by atoms with E-state index in [2.05, 4.69) is 10.6 Å². The first-order valence-corrected chi connectivity index (χ1v) is 10.5. The highest BCUT2D eigenvalue weighted by molar-refractivity contribution is 5.95. The van der Waals surface area contributed by atoms with Gasteiger partial charge in [-0.25, -0.2) is 0 Å². The Bertz CT molecular complexity index is 731. The highest BCUT2D eigenvalue weighted by Crippen LogP contribution is 2.36. The number of likely N-dealkylation sites (N-methyl/N-ethyl adjacent to an activating group) is 1. The largest absolute Gasteiger partial charge is 0.416 e. The third-order valence-electron chi connectivity index (χ3n) is 5.07. The van der Waals surface area contributed by atoms with Crippen molar-refractivity contribution in [3.63, 3.8) is 0 Å². The molecule has 3 N–H and O–H groups in total. The zero-order chi connectivity index (χ0) is 22.3. The molecule has 1 fully saturated rings. The van der Waals surface area contributed by atoms with Gasteiger partial charge in [0.15, 0.2) is 13.1 Å². The van der Waals surface area contributed by atoms with E-state index in [1.807, 2.05) is 25.7 Å². The minimum atomic E-state index is -4.49. The van der Waals surface area contributed by atoms with Gasteiger partial charge in [-0.3, -0.25) is 9.59 Å². The molecule has 0 aromatic heterocycles. The molecule has 0 radical (unpaired) electrons. The van der Waals surface area contributed by atoms with Crippen molar-refractivity contribution in [1.29, 1.82) is 0 Å². The highest BCUT2D eigenvalue weighted by atomic mass is 19.4. The smallest absolute Gasteiger partial charge is 0.370 e. The number of hydrogen-bond acceptors (Lipinski definition) is 3. The first-order valence-electron chi connectivity index (χ1n) is 10.5. The lowest BCUT2D eigenvalue weighted by molar-refractivity contribution is -0.881. The van der Waals surface area contributed by atoms with Crippen LogP contribution in [0.5, 0.6) is 0 Å². The van der Waals surface area contributed by atoms with Crippen molar-refractivity contribution in [2.45, 2.75) is 52.3 Å². The van der Waals surface area contributed by atoms with Gasteiger partial charge in [0.25, 0.3) is 11.8 Å². The van der Waals surface area contributed by atoms with Crippen molar-refractivity contribution in [3.05, 3.63) is 23.8 Å². The van der Waals surface area contributed by atoms with E-state index >= 15 is 0 Å². The standard InChI is InChI=1S/C21H31F3N4O2/c1-4-27(13-19(29)25-15(2)3)14-20(30)26-17-12-16(21(22,23)24)8-9-18(17)28-10-6-5-7-11-28/h8-9,12,15H,4-7,10-11,13-14H2,1-3H3,(H,25,29)(H,26,30)/p+1. The van der Waals surface area contributed by atoms with Crippen LogP contribution in [0.2, 0.25) is 0 Å². The molecule has 168 valence electrons. The van der Waals surface area contributed by atoms with Crippen LogP contribution in [0.25, 0.3) is 0 Å². The maximum Gasteiger partial charge on any atom is 0.416 e. The molecule has 1 aromatic carbocycles. The van der Waals surface area contributed by atoms with Crippen LogP contribution in [0.4, 0.5) is 24.5 Å². The number of rotatable bonds is 8. The Balaban J connectivity index is 2.15. The van der Waals surface area contributed by atoms with Crippen molar-refractivity contribution >= 4 is 23.2 Å². The molecule has 1 saturated heterocycles. The molecular formula is C21H32F3N4O2+. The Hall–Kier alpha value is -2.29. The van der Waals surface area contributed by atoms with E-state index < -0.39 is 17.6 Å². The Morgan fingerprint density at radius 1 is 1.10 bits per heavy atom. The second-order valence-corrected chi connectivity index (χ2v) is 8.00. The van der Waals surface area contributed by atoms with Gasteiger partial charge in [0.2, 0.25) is 0 Å². The molecule has 6 nitrogen and oxygen atoms in total. The van der Waals surface area contributed by atoms with Gasteiger partial charge in [-0.1, -0.05) is 0 Å². The van der Waals surface area contributed by atoms with Gasteiger partial charge in [0, 0.05) is 19.1 Å². The third-order valence-corrected chi connectivity index (χ3v) is 5.07. The van der Waals surface area contributed by atoms with Gasteiger partial charge in [-0.15, -0.1) is 0 Å². The first kappa shape index (κ1) is 24.0. The Morgan fingerprint density at radius 3 is 2.30 bits per heavy atom. The van der Waals surface area contributed by atoms with Gasteiger partial charge in [-0.05, 0) is 58.2 Å². The molecule has 0 bridgehead atoms. The first-order chi connectivity index (χ1) is 14.1. The lowest BCUT2D eigenvalue weighted by atomic mass is 10.1. The van der Waals surface area contributed by atoms with Crippen LogP contribution in [0.1, 0.15) is 45.6 Å². The van der Waals surface area contributed by atoms with Gasteiger partial charge < -0.3 is 20.4 Å². The average molecular weight is 430 g/mol. The van der Waals surface area contributed by atoms with Crippen molar-refractivity contribution in [2.75, 3.05) is 42.9 Å². The summed E-state index contributed by atoms with van der Waals surface area (Å²) < 4.78 is 39.7. The van der Waals surface area contributed by atoms with E-state index in [0.29, 0.717) is 12.2 Å². The topological polar surface area (TPSA) is 65.9 Å². The Kier molecular flexibility index (Phi) is 8.52. The van der Waals surface area contributed by atoms with E-state index in [1.54, 1.807) is 0 Å². The molecule has 0 spiro atoms. The predicted octanol–water partition coefficient (Wildman–Crippen LogP) is 2.06. The summed E-state index contributed by atoms with van der Waals surface area (Å²) in [6.45, 7) is 7.72. The maximum atomic E-state index is 13.2. The predicted molar refractivity (Wildman–Crippen MR) is 111 cm³/mol. The fourth-order valence-electron chi connectivity index (χ4n) is 3.56. The van der Waals surface area contributed by atoms with Gasteiger partial charge in [0.05, 0.1) is 23.5 Å². The normalized spacial score (nSPS) is 15.8. The summed E-state index contributed by atoms with van der Waals surface area (Å²) in [6, 6.07) is 3.49. The number of carbonyl (C=O) groups excluding carboxylic acids is 2. The number of alkyl halides is 3. The summed E-state index contributed by atoms with van der Waals surface area (Å²) in [5.41, 5.74) is -0.0278. The van der Waals surface area contributed by atoms with Crippen molar-refractivity contribution in [2.24, 2.45) is 0 Å². The zero-order valence-corrected chi connectivity index (χ0v) is 17.9. The number of carbonyl (C=O) groups is 2. The van der Waals surface area contributed by atoms with Crippen molar-refractivity contribution in [1.82, 2.24) is 5.32 Å². The second-order valence-electron chi connectivity index (χ2n) is 8.00. The lowest BCUT2D eigenvalue weighted by Crippen LogP contribution is -3.14. The SMILES string of the molecule is CC[NH+](CC(=O)Nc1cc(C(F)(F)F)ccc1N1CCCCC1)CC(=O)NC(C)C. The fraction of sp³-hybridized carbons (Fsp3) is 0.619. The lowest BCUT2D eigenvalue weighted by Gasteiger charge is -2.31. The summed E-state index contributed by atoms with van der Waals surface area (Å²) in [7, 11) is 0. The summed E-state index contributed by atoms with van der Waals surface area (Å²) in [4.78, 5) is 27.3. The molecule has 1 aliphatic rings. The number of halogens is 3. The number of anilines is 2. The molecular weight excluding hydrogens is 397 g/mol. The quantitative estimate of drug-likeness (QED) is 0.593. The molecule has 2 rings (SSSR count). The molecule has 1 atom stereocenters. The molecule has 2 amide bonds. The zero-order valence-electron chi connectivity index (χ0n) is 17.9. The van der Waals surface area contributed by atoms with Gasteiger partial charge >= 0.3 is 6.18 Å². The molecule has 30 heavy (non-hydrogen) atoms. The van der Waals surface area contributed by atoms with Crippen LogP contribution in [-0.2, 0) is 15.8 Å². The van der Waals surface area contributed by atoms with Gasteiger partial charge in [0.1, 0.15) is 0 Å². The molecule has 1 unspecified atom stereocenters. The van der Waals surface area contributed by atoms with Crippen molar-refractivity contribution < 1.29 is 27.7 Å². The highest BCUT2D eigenvalue weighted by Gasteiger charge is 2.32. The molecule has 1 aliphatic heterocycles. The number of benzene rings is 1. The number of quaternary nitrogens is 1. The number of hydrogen-bond donors (Lipinski definition) is 3. The number of amides is 2. The van der Waals surface area contributed by atoms with Crippen molar-refractivity contribution in [3.8, 4) is 0 Å². The van der Waals surface area contributed by atoms with Gasteiger partial charge in [-0.2, -0.15) is 13.2 Å². The van der Waals surface area contributed by atoms with Crippen LogP contribution in [0, 0.1) is 0 Å². The molecule has 1 aromatic rings. The van der Waals surface area contributed by atoms with E-state index in [0.717, 1.165) is 49.4 Å². The second kappa shape index (κ2) is 10.7. The number of piperidine rings is 1. The Labute approximate surface area is 175 Å². The monoisotopic (exact) mass is 429 g/mol. The summed E-state index contributed by atoms with van der Waals surface area (Å²) >= 11 is 0. The minimum absolute atomic E-state index is 0.00152. The molecule has 0 aliphatic carbocycles. The van der Waals surface area contributed by atoms with Crippen LogP contribution in [0.15, 0.2) is 18.2 Å². The molecule has 1 heterocycles. The fourth-order valence-corrected chi connectivity index (χ4v) is 3.56. The van der Waals surface area contributed by atoms with Crippen LogP contribution in [-0.4, -0.2) is 50.6 Å². The average Bonchev–Trinajstić information content (AvgIpc) is 2.66. The van der Waals surface area contributed by atoms with E-state index in [9.17, 15) is 22.8 Å². The number of nitrogens with zero attached hydrogens (tertiary/aromatic N) is 1. The Morgan fingerprint density at radius 2 is 1.73 bits per heavy atom. The van der Waals surface area contributed by atoms with E-state index in [-0.39, 0.29) is 30.7 Å². The van der Waals surface area contributed by atoms with Crippen LogP contribution in [0.3, 0.4) is 0 Å². The molecule has 9 heteroatoms. The maximum absolute atomic E-state index is 13.2. The van der Waals surface area contributed by atoms with E-state index in [1.165, 1.54) is 6.07 Å². The minimum Gasteiger partial charge on any atom is -0.370 e.